The highest BCUT2D eigenvalue weighted by atomic mass is 35.5. The van der Waals surface area contributed by atoms with Gasteiger partial charge >= 0.3 is 0 Å². The van der Waals surface area contributed by atoms with Gasteiger partial charge < -0.3 is 16.0 Å². The number of benzene rings is 1. The van der Waals surface area contributed by atoms with Crippen molar-refractivity contribution >= 4 is 35.6 Å². The molecule has 5 nitrogen and oxygen atoms in total. The van der Waals surface area contributed by atoms with Crippen LogP contribution in [0.25, 0.3) is 0 Å². The molecule has 2 unspecified atom stereocenters. The fourth-order valence-corrected chi connectivity index (χ4v) is 3.70. The van der Waals surface area contributed by atoms with E-state index in [1.165, 1.54) is 38.0 Å². The Morgan fingerprint density at radius 1 is 1.21 bits per heavy atom. The molecule has 0 aromatic heterocycles. The minimum Gasteiger partial charge on any atom is -0.326 e. The second-order valence-corrected chi connectivity index (χ2v) is 6.60. The third-order valence-corrected chi connectivity index (χ3v) is 4.61. The lowest BCUT2D eigenvalue weighted by Gasteiger charge is -2.28. The van der Waals surface area contributed by atoms with E-state index in [-0.39, 0.29) is 29.9 Å². The fourth-order valence-electron chi connectivity index (χ4n) is 3.70. The molecule has 2 aliphatic heterocycles. The zero-order valence-corrected chi connectivity index (χ0v) is 14.4. The number of halogens is 2. The summed E-state index contributed by atoms with van der Waals surface area (Å²) in [6, 6.07) is 5.31. The first kappa shape index (κ1) is 18.7. The highest BCUT2D eigenvalue weighted by Crippen LogP contribution is 2.33. The summed E-state index contributed by atoms with van der Waals surface area (Å²) in [5.74, 6) is -0.522. The van der Waals surface area contributed by atoms with Crippen molar-refractivity contribution in [1.29, 1.82) is 0 Å². The first-order chi connectivity index (χ1) is 11.0. The van der Waals surface area contributed by atoms with Crippen LogP contribution in [-0.4, -0.2) is 23.9 Å². The van der Waals surface area contributed by atoms with E-state index in [1.54, 1.807) is 0 Å². The molecule has 1 aromatic carbocycles. The molecule has 3 N–H and O–H groups in total. The van der Waals surface area contributed by atoms with Gasteiger partial charge in [0.15, 0.2) is 0 Å². The van der Waals surface area contributed by atoms with Gasteiger partial charge in [0, 0.05) is 31.1 Å². The number of amides is 2. The van der Waals surface area contributed by atoms with Gasteiger partial charge in [-0.25, -0.2) is 4.39 Å². The zero-order valence-electron chi connectivity index (χ0n) is 13.6. The summed E-state index contributed by atoms with van der Waals surface area (Å²) in [6.07, 6.45) is 5.00. The van der Waals surface area contributed by atoms with Crippen LogP contribution in [0, 0.1) is 11.7 Å². The standard InChI is InChI=1S/C17H22FN3O2.ClH/c1-10(22)19-16-9-14(4-5-15(16)18)21-17(23)8-11-6-12-2-3-13(7-11)20-12;/h4-5,9,11-13,20H,2-3,6-8H2,1H3,(H,19,22)(H,21,23);1H. The summed E-state index contributed by atoms with van der Waals surface area (Å²) in [4.78, 5) is 23.3. The second-order valence-electron chi connectivity index (χ2n) is 6.60. The number of hydrogen-bond donors (Lipinski definition) is 3. The van der Waals surface area contributed by atoms with E-state index >= 15 is 0 Å². The van der Waals surface area contributed by atoms with Crippen LogP contribution < -0.4 is 16.0 Å². The summed E-state index contributed by atoms with van der Waals surface area (Å²) in [5, 5.41) is 8.78. The fraction of sp³-hybridized carbons (Fsp3) is 0.529. The quantitative estimate of drug-likeness (QED) is 0.777. The summed E-state index contributed by atoms with van der Waals surface area (Å²) >= 11 is 0. The third kappa shape index (κ3) is 4.68. The predicted octanol–water partition coefficient (Wildman–Crippen LogP) is 3.07. The van der Waals surface area contributed by atoms with Gasteiger partial charge in [0.1, 0.15) is 5.82 Å². The molecular weight excluding hydrogens is 333 g/mol. The molecule has 2 aliphatic rings. The molecule has 2 bridgehead atoms. The van der Waals surface area contributed by atoms with Crippen LogP contribution in [-0.2, 0) is 9.59 Å². The van der Waals surface area contributed by atoms with Gasteiger partial charge in [-0.15, -0.1) is 12.4 Å². The Balaban J connectivity index is 0.00000208. The molecule has 0 aliphatic carbocycles. The van der Waals surface area contributed by atoms with Crippen molar-refractivity contribution in [2.45, 2.75) is 51.1 Å². The molecular formula is C17H23ClFN3O2. The van der Waals surface area contributed by atoms with Crippen molar-refractivity contribution in [1.82, 2.24) is 5.32 Å². The SMILES string of the molecule is CC(=O)Nc1cc(NC(=O)CC2CC3CCC(C2)N3)ccc1F.Cl. The van der Waals surface area contributed by atoms with Crippen molar-refractivity contribution < 1.29 is 14.0 Å². The largest absolute Gasteiger partial charge is 0.326 e. The van der Waals surface area contributed by atoms with Crippen LogP contribution in [0.2, 0.25) is 0 Å². The highest BCUT2D eigenvalue weighted by Gasteiger charge is 2.34. The second kappa shape index (κ2) is 7.94. The average Bonchev–Trinajstić information content (AvgIpc) is 2.81. The lowest BCUT2D eigenvalue weighted by molar-refractivity contribution is -0.117. The molecule has 7 heteroatoms. The minimum atomic E-state index is -0.520. The molecule has 132 valence electrons. The number of carbonyl (C=O) groups is 2. The Morgan fingerprint density at radius 2 is 1.88 bits per heavy atom. The van der Waals surface area contributed by atoms with Crippen LogP contribution in [0.1, 0.15) is 39.0 Å². The first-order valence-electron chi connectivity index (χ1n) is 8.12. The molecule has 1 aromatic rings. The summed E-state index contributed by atoms with van der Waals surface area (Å²) in [5.41, 5.74) is 0.576. The number of hydrogen-bond acceptors (Lipinski definition) is 3. The van der Waals surface area contributed by atoms with Gasteiger partial charge in [-0.1, -0.05) is 0 Å². The maximum atomic E-state index is 13.6. The number of piperidine rings is 1. The lowest BCUT2D eigenvalue weighted by Crippen LogP contribution is -2.39. The summed E-state index contributed by atoms with van der Waals surface area (Å²) < 4.78 is 13.6. The molecule has 2 saturated heterocycles. The Labute approximate surface area is 147 Å². The van der Waals surface area contributed by atoms with E-state index in [1.807, 2.05) is 0 Å². The molecule has 2 fully saturated rings. The van der Waals surface area contributed by atoms with Crippen molar-refractivity contribution in [2.75, 3.05) is 10.6 Å². The van der Waals surface area contributed by atoms with Crippen LogP contribution in [0.15, 0.2) is 18.2 Å². The number of fused-ring (bicyclic) bond motifs is 2. The normalized spacial score (nSPS) is 24.8. The number of rotatable bonds is 4. The number of nitrogens with one attached hydrogen (secondary N) is 3. The van der Waals surface area contributed by atoms with Gasteiger partial charge in [0.2, 0.25) is 11.8 Å². The van der Waals surface area contributed by atoms with E-state index in [0.717, 1.165) is 12.8 Å². The number of carbonyl (C=O) groups excluding carboxylic acids is 2. The first-order valence-corrected chi connectivity index (χ1v) is 8.12. The third-order valence-electron chi connectivity index (χ3n) is 4.61. The van der Waals surface area contributed by atoms with E-state index < -0.39 is 5.82 Å². The van der Waals surface area contributed by atoms with Crippen molar-refractivity contribution in [3.63, 3.8) is 0 Å². The van der Waals surface area contributed by atoms with E-state index in [2.05, 4.69) is 16.0 Å². The van der Waals surface area contributed by atoms with Crippen LogP contribution in [0.3, 0.4) is 0 Å². The van der Waals surface area contributed by atoms with E-state index in [4.69, 9.17) is 0 Å². The molecule has 0 radical (unpaired) electrons. The molecule has 0 spiro atoms. The lowest BCUT2D eigenvalue weighted by atomic mass is 9.89. The molecule has 0 saturated carbocycles. The van der Waals surface area contributed by atoms with Gasteiger partial charge in [-0.2, -0.15) is 0 Å². The molecule has 2 amide bonds. The topological polar surface area (TPSA) is 70.2 Å². The Hall–Kier alpha value is -1.66. The Morgan fingerprint density at radius 3 is 2.50 bits per heavy atom. The predicted molar refractivity (Wildman–Crippen MR) is 93.9 cm³/mol. The van der Waals surface area contributed by atoms with Crippen LogP contribution in [0.4, 0.5) is 15.8 Å². The maximum absolute atomic E-state index is 13.6. The minimum absolute atomic E-state index is 0. The van der Waals surface area contributed by atoms with Crippen LogP contribution >= 0.6 is 12.4 Å². The average molecular weight is 356 g/mol. The molecule has 3 rings (SSSR count). The smallest absolute Gasteiger partial charge is 0.224 e. The highest BCUT2D eigenvalue weighted by molar-refractivity contribution is 5.93. The monoisotopic (exact) mass is 355 g/mol. The van der Waals surface area contributed by atoms with Crippen molar-refractivity contribution in [3.8, 4) is 0 Å². The van der Waals surface area contributed by atoms with Gasteiger partial charge in [-0.3, -0.25) is 9.59 Å². The Kier molecular flexibility index (Phi) is 6.18. The van der Waals surface area contributed by atoms with Crippen molar-refractivity contribution in [3.05, 3.63) is 24.0 Å². The van der Waals surface area contributed by atoms with E-state index in [0.29, 0.717) is 30.1 Å². The van der Waals surface area contributed by atoms with Crippen LogP contribution in [0.5, 0.6) is 0 Å². The Bertz CT molecular complexity index is 614. The van der Waals surface area contributed by atoms with Gasteiger partial charge in [-0.05, 0) is 49.8 Å². The molecule has 2 atom stereocenters. The molecule has 2 heterocycles. The summed E-state index contributed by atoms with van der Waals surface area (Å²) in [7, 11) is 0. The van der Waals surface area contributed by atoms with Gasteiger partial charge in [0.05, 0.1) is 5.69 Å². The van der Waals surface area contributed by atoms with Crippen molar-refractivity contribution in [2.24, 2.45) is 5.92 Å². The maximum Gasteiger partial charge on any atom is 0.224 e. The molecule has 24 heavy (non-hydrogen) atoms. The van der Waals surface area contributed by atoms with Gasteiger partial charge in [0.25, 0.3) is 0 Å². The number of anilines is 2. The summed E-state index contributed by atoms with van der Waals surface area (Å²) in [6.45, 7) is 1.32. The van der Waals surface area contributed by atoms with E-state index in [9.17, 15) is 14.0 Å². The zero-order chi connectivity index (χ0) is 16.4.